The minimum atomic E-state index is -3.09. The van der Waals surface area contributed by atoms with Gasteiger partial charge < -0.3 is 9.64 Å². The van der Waals surface area contributed by atoms with Crippen molar-refractivity contribution in [3.05, 3.63) is 69.1 Å². The van der Waals surface area contributed by atoms with Gasteiger partial charge in [-0.05, 0) is 51.8 Å². The highest BCUT2D eigenvalue weighted by atomic mass is 79.9. The lowest BCUT2D eigenvalue weighted by Crippen LogP contribution is -2.37. The molecule has 1 heterocycles. The van der Waals surface area contributed by atoms with E-state index in [1.807, 2.05) is 42.5 Å². The van der Waals surface area contributed by atoms with E-state index in [0.29, 0.717) is 11.4 Å². The fourth-order valence-electron chi connectivity index (χ4n) is 2.70. The fourth-order valence-corrected chi connectivity index (χ4v) is 5.24. The molecule has 27 heavy (non-hydrogen) atoms. The second-order valence-corrected chi connectivity index (χ2v) is 9.97. The van der Waals surface area contributed by atoms with Crippen LogP contribution in [0.2, 0.25) is 0 Å². The molecule has 0 radical (unpaired) electrons. The summed E-state index contributed by atoms with van der Waals surface area (Å²) >= 11 is 6.78. The zero-order chi connectivity index (χ0) is 19.4. The number of amides is 1. The Bertz CT molecular complexity index is 974. The van der Waals surface area contributed by atoms with E-state index in [2.05, 4.69) is 31.9 Å². The Kier molecular flexibility index (Phi) is 6.39. The lowest BCUT2D eigenvalue weighted by Gasteiger charge is -2.23. The molecule has 0 spiro atoms. The van der Waals surface area contributed by atoms with Gasteiger partial charge in [-0.1, -0.05) is 40.2 Å². The topological polar surface area (TPSA) is 63.7 Å². The number of rotatable bonds is 6. The minimum absolute atomic E-state index is 0.0112. The van der Waals surface area contributed by atoms with E-state index in [9.17, 15) is 13.2 Å². The van der Waals surface area contributed by atoms with Gasteiger partial charge in [0.15, 0.2) is 16.4 Å². The van der Waals surface area contributed by atoms with E-state index in [1.54, 1.807) is 17.0 Å². The third-order valence-corrected chi connectivity index (χ3v) is 6.60. The molecule has 1 aliphatic rings. The summed E-state index contributed by atoms with van der Waals surface area (Å²) in [7, 11) is -3.09. The molecular formula is C19H17Br2NO4S. The molecule has 0 aliphatic carbocycles. The molecule has 142 valence electrons. The van der Waals surface area contributed by atoms with Crippen LogP contribution in [-0.2, 0) is 14.6 Å². The Morgan fingerprint density at radius 3 is 2.48 bits per heavy atom. The maximum atomic E-state index is 12.8. The number of ether oxygens (including phenoxy) is 1. The molecule has 0 unspecified atom stereocenters. The molecule has 0 atom stereocenters. The van der Waals surface area contributed by atoms with Gasteiger partial charge in [0, 0.05) is 16.7 Å². The number of nitrogens with zero attached hydrogens (tertiary/aromatic N) is 1. The Labute approximate surface area is 175 Å². The lowest BCUT2D eigenvalue weighted by atomic mass is 10.2. The van der Waals surface area contributed by atoms with Gasteiger partial charge in [-0.15, -0.1) is 0 Å². The quantitative estimate of drug-likeness (QED) is 0.547. The number of hydrogen-bond donors (Lipinski definition) is 0. The van der Waals surface area contributed by atoms with E-state index < -0.39 is 9.84 Å². The van der Waals surface area contributed by atoms with Crippen LogP contribution in [0.4, 0.5) is 5.69 Å². The minimum Gasteiger partial charge on any atom is -0.483 e. The predicted octanol–water partition coefficient (Wildman–Crippen LogP) is 3.98. The van der Waals surface area contributed by atoms with Crippen LogP contribution in [0.5, 0.6) is 5.75 Å². The van der Waals surface area contributed by atoms with Gasteiger partial charge in [0.25, 0.3) is 5.91 Å². The largest absolute Gasteiger partial charge is 0.483 e. The highest BCUT2D eigenvalue weighted by molar-refractivity contribution is 9.11. The van der Waals surface area contributed by atoms with Crippen LogP contribution < -0.4 is 9.64 Å². The number of benzene rings is 2. The van der Waals surface area contributed by atoms with Crippen molar-refractivity contribution in [3.8, 4) is 5.75 Å². The highest BCUT2D eigenvalue weighted by Crippen LogP contribution is 2.28. The van der Waals surface area contributed by atoms with Crippen LogP contribution in [0, 0.1) is 0 Å². The summed E-state index contributed by atoms with van der Waals surface area (Å²) in [6, 6.07) is 14.6. The smallest absolute Gasteiger partial charge is 0.265 e. The molecule has 8 heteroatoms. The summed E-state index contributed by atoms with van der Waals surface area (Å²) < 4.78 is 30.7. The van der Waals surface area contributed by atoms with Crippen LogP contribution in [0.1, 0.15) is 0 Å². The Morgan fingerprint density at radius 2 is 1.85 bits per heavy atom. The maximum absolute atomic E-state index is 12.8. The number of halogens is 2. The van der Waals surface area contributed by atoms with Crippen molar-refractivity contribution in [1.82, 2.24) is 0 Å². The third kappa shape index (κ3) is 5.43. The number of carbonyl (C=O) groups excluding carboxylic acids is 1. The second kappa shape index (κ2) is 8.58. The number of anilines is 1. The SMILES string of the molecule is O=C(COc1ccc(Br)cc1Br)N(CC1=CCS(=O)(=O)C1)c1ccccc1. The average Bonchev–Trinajstić information content (AvgIpc) is 2.98. The monoisotopic (exact) mass is 513 g/mol. The summed E-state index contributed by atoms with van der Waals surface area (Å²) in [5.74, 6) is 0.327. The molecule has 0 saturated heterocycles. The molecule has 3 rings (SSSR count). The summed E-state index contributed by atoms with van der Waals surface area (Å²) in [5.41, 5.74) is 1.42. The number of para-hydroxylation sites is 1. The molecule has 2 aromatic rings. The van der Waals surface area contributed by atoms with Gasteiger partial charge in [-0.25, -0.2) is 8.42 Å². The number of carbonyl (C=O) groups is 1. The summed E-state index contributed by atoms with van der Waals surface area (Å²) in [6.07, 6.45) is 1.69. The van der Waals surface area contributed by atoms with Crippen molar-refractivity contribution in [2.45, 2.75) is 0 Å². The maximum Gasteiger partial charge on any atom is 0.265 e. The highest BCUT2D eigenvalue weighted by Gasteiger charge is 2.24. The molecule has 2 aromatic carbocycles. The zero-order valence-electron chi connectivity index (χ0n) is 14.3. The fraction of sp³-hybridized carbons (Fsp3) is 0.211. The first-order chi connectivity index (χ1) is 12.8. The van der Waals surface area contributed by atoms with Crippen LogP contribution >= 0.6 is 31.9 Å². The average molecular weight is 515 g/mol. The summed E-state index contributed by atoms with van der Waals surface area (Å²) in [5, 5.41) is 0. The van der Waals surface area contributed by atoms with Gasteiger partial charge in [-0.3, -0.25) is 4.79 Å². The third-order valence-electron chi connectivity index (χ3n) is 4.01. The first-order valence-corrected chi connectivity index (χ1v) is 11.6. The molecular weight excluding hydrogens is 498 g/mol. The van der Waals surface area contributed by atoms with E-state index in [4.69, 9.17) is 4.74 Å². The molecule has 0 N–H and O–H groups in total. The molecule has 0 aromatic heterocycles. The van der Waals surface area contributed by atoms with E-state index in [1.165, 1.54) is 0 Å². The molecule has 0 saturated carbocycles. The zero-order valence-corrected chi connectivity index (χ0v) is 18.3. The van der Waals surface area contributed by atoms with Gasteiger partial charge in [-0.2, -0.15) is 0 Å². The molecule has 1 amide bonds. The Balaban J connectivity index is 1.75. The van der Waals surface area contributed by atoms with Gasteiger partial charge >= 0.3 is 0 Å². The molecule has 5 nitrogen and oxygen atoms in total. The van der Waals surface area contributed by atoms with Crippen molar-refractivity contribution in [2.75, 3.05) is 29.6 Å². The Morgan fingerprint density at radius 1 is 1.11 bits per heavy atom. The first-order valence-electron chi connectivity index (χ1n) is 8.16. The van der Waals surface area contributed by atoms with Gasteiger partial charge in [0.05, 0.1) is 16.0 Å². The normalized spacial score (nSPS) is 15.3. The second-order valence-electron chi connectivity index (χ2n) is 6.10. The number of hydrogen-bond acceptors (Lipinski definition) is 4. The van der Waals surface area contributed by atoms with Crippen molar-refractivity contribution >= 4 is 53.3 Å². The van der Waals surface area contributed by atoms with Crippen LogP contribution in [0.25, 0.3) is 0 Å². The van der Waals surface area contributed by atoms with E-state index in [0.717, 1.165) is 14.5 Å². The number of sulfone groups is 1. The van der Waals surface area contributed by atoms with Gasteiger partial charge in [0.1, 0.15) is 5.75 Å². The van der Waals surface area contributed by atoms with Crippen molar-refractivity contribution in [2.24, 2.45) is 0 Å². The molecule has 0 bridgehead atoms. The van der Waals surface area contributed by atoms with E-state index in [-0.39, 0.29) is 30.6 Å². The van der Waals surface area contributed by atoms with Crippen molar-refractivity contribution < 1.29 is 17.9 Å². The van der Waals surface area contributed by atoms with Crippen molar-refractivity contribution in [1.29, 1.82) is 0 Å². The summed E-state index contributed by atoms with van der Waals surface area (Å²) in [4.78, 5) is 14.4. The molecule has 0 fully saturated rings. The van der Waals surface area contributed by atoms with Gasteiger partial charge in [0.2, 0.25) is 0 Å². The van der Waals surface area contributed by atoms with Crippen molar-refractivity contribution in [3.63, 3.8) is 0 Å². The standard InChI is InChI=1S/C19H17Br2NO4S/c20-15-6-7-18(17(21)10-15)26-12-19(23)22(16-4-2-1-3-5-16)11-14-8-9-27(24,25)13-14/h1-8,10H,9,11-13H2. The first kappa shape index (κ1) is 20.1. The Hall–Kier alpha value is -1.64. The van der Waals surface area contributed by atoms with Crippen LogP contribution in [-0.4, -0.2) is 39.0 Å². The lowest BCUT2D eigenvalue weighted by molar-refractivity contribution is -0.120. The van der Waals surface area contributed by atoms with Crippen LogP contribution in [0.3, 0.4) is 0 Å². The predicted molar refractivity (Wildman–Crippen MR) is 113 cm³/mol. The molecule has 1 aliphatic heterocycles. The van der Waals surface area contributed by atoms with E-state index >= 15 is 0 Å². The van der Waals surface area contributed by atoms with Crippen LogP contribution in [0.15, 0.2) is 69.1 Å². The summed E-state index contributed by atoms with van der Waals surface area (Å²) in [6.45, 7) is 0.0715.